The van der Waals surface area contributed by atoms with Gasteiger partial charge in [0.05, 0.1) is 6.04 Å². The topological polar surface area (TPSA) is 44.4 Å². The number of carbonyl (C=O) groups is 1. The van der Waals surface area contributed by atoms with Gasteiger partial charge < -0.3 is 15.5 Å². The van der Waals surface area contributed by atoms with E-state index in [4.69, 9.17) is 0 Å². The molecule has 0 aromatic heterocycles. The summed E-state index contributed by atoms with van der Waals surface area (Å²) in [7, 11) is 0. The van der Waals surface area contributed by atoms with Crippen molar-refractivity contribution in [3.63, 3.8) is 0 Å². The molecule has 0 saturated carbocycles. The lowest BCUT2D eigenvalue weighted by atomic mass is 9.96. The van der Waals surface area contributed by atoms with Crippen molar-refractivity contribution in [2.45, 2.75) is 63.1 Å². The summed E-state index contributed by atoms with van der Waals surface area (Å²) < 4.78 is 0. The molecule has 3 aliphatic heterocycles. The van der Waals surface area contributed by atoms with E-state index in [0.29, 0.717) is 6.04 Å². The Labute approximate surface area is 109 Å². The van der Waals surface area contributed by atoms with Crippen LogP contribution in [0.4, 0.5) is 0 Å². The van der Waals surface area contributed by atoms with Crippen LogP contribution in [0.3, 0.4) is 0 Å². The summed E-state index contributed by atoms with van der Waals surface area (Å²) in [6.07, 6.45) is 8.38. The lowest BCUT2D eigenvalue weighted by Gasteiger charge is -2.36. The van der Waals surface area contributed by atoms with Gasteiger partial charge in [0, 0.05) is 18.6 Å². The first-order chi connectivity index (χ1) is 8.83. The Morgan fingerprint density at radius 1 is 1.11 bits per heavy atom. The quantitative estimate of drug-likeness (QED) is 0.765. The summed E-state index contributed by atoms with van der Waals surface area (Å²) in [6.45, 7) is 3.45. The van der Waals surface area contributed by atoms with Crippen molar-refractivity contribution in [2.24, 2.45) is 0 Å². The molecule has 0 bridgehead atoms. The number of carbonyl (C=O) groups excluding carboxylic acids is 1. The van der Waals surface area contributed by atoms with Gasteiger partial charge in [-0.15, -0.1) is 0 Å². The van der Waals surface area contributed by atoms with E-state index in [2.05, 4.69) is 15.5 Å². The van der Waals surface area contributed by atoms with Crippen LogP contribution in [0.15, 0.2) is 0 Å². The second-order valence-corrected chi connectivity index (χ2v) is 6.06. The third-order valence-corrected chi connectivity index (χ3v) is 4.79. The fraction of sp³-hybridized carbons (Fsp3) is 0.929. The Kier molecular flexibility index (Phi) is 3.85. The number of hydrogen-bond acceptors (Lipinski definition) is 3. The average Bonchev–Trinajstić information content (AvgIpc) is 2.87. The van der Waals surface area contributed by atoms with E-state index in [1.165, 1.54) is 45.2 Å². The van der Waals surface area contributed by atoms with Gasteiger partial charge in [0.1, 0.15) is 0 Å². The number of amides is 1. The van der Waals surface area contributed by atoms with Gasteiger partial charge in [0.15, 0.2) is 0 Å². The number of nitrogens with zero attached hydrogens (tertiary/aromatic N) is 1. The molecule has 3 atom stereocenters. The summed E-state index contributed by atoms with van der Waals surface area (Å²) >= 11 is 0. The fourth-order valence-corrected chi connectivity index (χ4v) is 3.73. The highest BCUT2D eigenvalue weighted by Gasteiger charge is 2.33. The van der Waals surface area contributed by atoms with E-state index in [9.17, 15) is 4.79 Å². The highest BCUT2D eigenvalue weighted by atomic mass is 16.2. The number of nitrogens with one attached hydrogen (secondary N) is 2. The van der Waals surface area contributed by atoms with Crippen LogP contribution in [0.2, 0.25) is 0 Å². The minimum Gasteiger partial charge on any atom is -0.352 e. The molecule has 2 N–H and O–H groups in total. The van der Waals surface area contributed by atoms with Gasteiger partial charge in [-0.05, 0) is 51.6 Å². The second kappa shape index (κ2) is 5.57. The zero-order chi connectivity index (χ0) is 12.4. The van der Waals surface area contributed by atoms with Gasteiger partial charge in [-0.1, -0.05) is 6.42 Å². The molecular formula is C14H25N3O. The Hall–Kier alpha value is -0.610. The predicted molar refractivity (Wildman–Crippen MR) is 71.4 cm³/mol. The van der Waals surface area contributed by atoms with Gasteiger partial charge in [-0.25, -0.2) is 0 Å². The van der Waals surface area contributed by atoms with Gasteiger partial charge >= 0.3 is 0 Å². The number of rotatable bonds is 2. The molecule has 102 valence electrons. The smallest absolute Gasteiger partial charge is 0.237 e. The zero-order valence-corrected chi connectivity index (χ0v) is 11.2. The van der Waals surface area contributed by atoms with Crippen molar-refractivity contribution >= 4 is 5.91 Å². The SMILES string of the molecule is O=C(NC1CCN2CCCC2C1)[C@@H]1CCCCN1. The van der Waals surface area contributed by atoms with Gasteiger partial charge in [-0.2, -0.15) is 0 Å². The van der Waals surface area contributed by atoms with E-state index in [-0.39, 0.29) is 11.9 Å². The lowest BCUT2D eigenvalue weighted by Crippen LogP contribution is -2.53. The average molecular weight is 251 g/mol. The molecule has 0 aliphatic carbocycles. The molecule has 3 rings (SSSR count). The Balaban J connectivity index is 1.48. The third-order valence-electron chi connectivity index (χ3n) is 4.79. The molecule has 4 nitrogen and oxygen atoms in total. The maximum atomic E-state index is 12.2. The second-order valence-electron chi connectivity index (χ2n) is 6.06. The van der Waals surface area contributed by atoms with Crippen molar-refractivity contribution in [3.8, 4) is 0 Å². The van der Waals surface area contributed by atoms with Gasteiger partial charge in [0.25, 0.3) is 0 Å². The molecule has 3 aliphatic rings. The Morgan fingerprint density at radius 2 is 2.06 bits per heavy atom. The van der Waals surface area contributed by atoms with Crippen molar-refractivity contribution < 1.29 is 4.79 Å². The highest BCUT2D eigenvalue weighted by Crippen LogP contribution is 2.26. The van der Waals surface area contributed by atoms with Crippen molar-refractivity contribution in [2.75, 3.05) is 19.6 Å². The summed E-state index contributed by atoms with van der Waals surface area (Å²) in [5.74, 6) is 0.242. The molecule has 1 amide bonds. The van der Waals surface area contributed by atoms with Crippen LogP contribution in [0, 0.1) is 0 Å². The minimum atomic E-state index is 0.0698. The van der Waals surface area contributed by atoms with Crippen molar-refractivity contribution in [1.29, 1.82) is 0 Å². The van der Waals surface area contributed by atoms with E-state index in [0.717, 1.165) is 25.4 Å². The van der Waals surface area contributed by atoms with E-state index >= 15 is 0 Å². The monoisotopic (exact) mass is 251 g/mol. The van der Waals surface area contributed by atoms with Crippen LogP contribution in [0.1, 0.15) is 44.9 Å². The molecule has 18 heavy (non-hydrogen) atoms. The molecule has 2 unspecified atom stereocenters. The minimum absolute atomic E-state index is 0.0698. The van der Waals surface area contributed by atoms with Crippen molar-refractivity contribution in [1.82, 2.24) is 15.5 Å². The molecule has 0 spiro atoms. The van der Waals surface area contributed by atoms with Crippen LogP contribution in [-0.4, -0.2) is 48.6 Å². The lowest BCUT2D eigenvalue weighted by molar-refractivity contribution is -0.124. The van der Waals surface area contributed by atoms with Crippen molar-refractivity contribution in [3.05, 3.63) is 0 Å². The highest BCUT2D eigenvalue weighted by molar-refractivity contribution is 5.82. The van der Waals surface area contributed by atoms with Crippen LogP contribution in [0.5, 0.6) is 0 Å². The first kappa shape index (κ1) is 12.4. The normalized spacial score (nSPS) is 37.2. The van der Waals surface area contributed by atoms with E-state index in [1.54, 1.807) is 0 Å². The standard InChI is InChI=1S/C14H25N3O/c18-14(13-5-1-2-7-15-13)16-11-6-9-17-8-3-4-12(17)10-11/h11-13,15H,1-10H2,(H,16,18)/t11?,12?,13-/m0/s1. The maximum absolute atomic E-state index is 12.2. The van der Waals surface area contributed by atoms with Gasteiger partial charge in [0.2, 0.25) is 5.91 Å². The Bertz CT molecular complexity index is 301. The van der Waals surface area contributed by atoms with Crippen LogP contribution >= 0.6 is 0 Å². The largest absolute Gasteiger partial charge is 0.352 e. The maximum Gasteiger partial charge on any atom is 0.237 e. The molecule has 0 aromatic carbocycles. The van der Waals surface area contributed by atoms with Crippen LogP contribution < -0.4 is 10.6 Å². The van der Waals surface area contributed by atoms with E-state index < -0.39 is 0 Å². The predicted octanol–water partition coefficient (Wildman–Crippen LogP) is 0.871. The Morgan fingerprint density at radius 3 is 2.89 bits per heavy atom. The van der Waals surface area contributed by atoms with Crippen LogP contribution in [-0.2, 0) is 4.79 Å². The summed E-state index contributed by atoms with van der Waals surface area (Å²) in [4.78, 5) is 14.8. The first-order valence-electron chi connectivity index (χ1n) is 7.61. The molecule has 0 aromatic rings. The molecule has 3 heterocycles. The summed E-state index contributed by atoms with van der Waals surface area (Å²) in [5, 5.41) is 6.61. The summed E-state index contributed by atoms with van der Waals surface area (Å²) in [6, 6.07) is 1.23. The number of hydrogen-bond donors (Lipinski definition) is 2. The number of fused-ring (bicyclic) bond motifs is 1. The number of piperidine rings is 2. The third kappa shape index (κ3) is 2.69. The van der Waals surface area contributed by atoms with E-state index in [1.807, 2.05) is 0 Å². The first-order valence-corrected chi connectivity index (χ1v) is 7.61. The molecule has 4 heteroatoms. The zero-order valence-electron chi connectivity index (χ0n) is 11.2. The fourth-order valence-electron chi connectivity index (χ4n) is 3.73. The van der Waals surface area contributed by atoms with Gasteiger partial charge in [-0.3, -0.25) is 4.79 Å². The molecule has 3 fully saturated rings. The molecular weight excluding hydrogens is 226 g/mol. The molecule has 0 radical (unpaired) electrons. The summed E-state index contributed by atoms with van der Waals surface area (Å²) in [5.41, 5.74) is 0. The molecule has 3 saturated heterocycles. The van der Waals surface area contributed by atoms with Crippen LogP contribution in [0.25, 0.3) is 0 Å².